The molecule has 3 rings (SSSR count). The zero-order valence-electron chi connectivity index (χ0n) is 11.7. The maximum absolute atomic E-state index is 12.2. The third-order valence-electron chi connectivity index (χ3n) is 3.32. The van der Waals surface area contributed by atoms with Gasteiger partial charge >= 0.3 is 0 Å². The smallest absolute Gasteiger partial charge is 0.256 e. The molecule has 0 fully saturated rings. The van der Waals surface area contributed by atoms with Gasteiger partial charge in [-0.2, -0.15) is 0 Å². The summed E-state index contributed by atoms with van der Waals surface area (Å²) in [5.41, 5.74) is 2.32. The van der Waals surface area contributed by atoms with E-state index in [1.807, 2.05) is 12.1 Å². The van der Waals surface area contributed by atoms with E-state index >= 15 is 0 Å². The van der Waals surface area contributed by atoms with Crippen molar-refractivity contribution < 1.29 is 9.32 Å². The van der Waals surface area contributed by atoms with E-state index in [1.165, 1.54) is 0 Å². The fraction of sp³-hybridized carbons (Fsp3) is 0.400. The summed E-state index contributed by atoms with van der Waals surface area (Å²) < 4.78 is 5.29. The first-order valence-corrected chi connectivity index (χ1v) is 6.81. The minimum atomic E-state index is 0.0153. The van der Waals surface area contributed by atoms with Crippen LogP contribution in [-0.2, 0) is 19.5 Å². The van der Waals surface area contributed by atoms with Crippen LogP contribution in [0.25, 0.3) is 0 Å². The van der Waals surface area contributed by atoms with Gasteiger partial charge in [0, 0.05) is 18.7 Å². The van der Waals surface area contributed by atoms with Crippen LogP contribution in [0, 0.1) is 5.92 Å². The van der Waals surface area contributed by atoms with Gasteiger partial charge in [0.1, 0.15) is 11.5 Å². The molecule has 0 aliphatic carbocycles. The molecule has 0 radical (unpaired) electrons. The highest BCUT2D eigenvalue weighted by Crippen LogP contribution is 2.22. The second-order valence-electron chi connectivity index (χ2n) is 5.54. The van der Waals surface area contributed by atoms with Gasteiger partial charge in [-0.05, 0) is 18.1 Å². The molecule has 1 aliphatic rings. The van der Waals surface area contributed by atoms with Crippen LogP contribution in [0.2, 0.25) is 0 Å². The third kappa shape index (κ3) is 2.43. The zero-order chi connectivity index (χ0) is 14.1. The van der Waals surface area contributed by atoms with Gasteiger partial charge < -0.3 is 9.42 Å². The minimum absolute atomic E-state index is 0.0153. The Morgan fingerprint density at radius 3 is 3.05 bits per heavy atom. The minimum Gasteiger partial charge on any atom is -0.361 e. The summed E-state index contributed by atoms with van der Waals surface area (Å²) >= 11 is 0. The number of hydrogen-bond acceptors (Lipinski definition) is 4. The average Bonchev–Trinajstić information content (AvgIpc) is 2.96. The molecule has 1 amide bonds. The van der Waals surface area contributed by atoms with Crippen LogP contribution >= 0.6 is 0 Å². The van der Waals surface area contributed by atoms with Crippen LogP contribution in [0.3, 0.4) is 0 Å². The number of amides is 1. The third-order valence-corrected chi connectivity index (χ3v) is 3.32. The quantitative estimate of drug-likeness (QED) is 0.857. The van der Waals surface area contributed by atoms with Gasteiger partial charge in [0.2, 0.25) is 0 Å². The van der Waals surface area contributed by atoms with Crippen molar-refractivity contribution in [1.29, 1.82) is 0 Å². The molecule has 0 unspecified atom stereocenters. The van der Waals surface area contributed by atoms with Gasteiger partial charge in [0.05, 0.1) is 24.3 Å². The van der Waals surface area contributed by atoms with E-state index in [1.54, 1.807) is 17.2 Å². The van der Waals surface area contributed by atoms with E-state index in [2.05, 4.69) is 24.0 Å². The number of nitrogens with zero attached hydrogens (tertiary/aromatic N) is 3. The summed E-state index contributed by atoms with van der Waals surface area (Å²) in [6.07, 6.45) is 2.58. The number of hydrogen-bond donors (Lipinski definition) is 0. The molecule has 5 heteroatoms. The van der Waals surface area contributed by atoms with Crippen molar-refractivity contribution in [1.82, 2.24) is 15.0 Å². The molecule has 2 aromatic heterocycles. The largest absolute Gasteiger partial charge is 0.361 e. The second-order valence-corrected chi connectivity index (χ2v) is 5.54. The first-order chi connectivity index (χ1) is 9.63. The lowest BCUT2D eigenvalue weighted by molar-refractivity contribution is 0.0763. The fourth-order valence-corrected chi connectivity index (χ4v) is 2.43. The highest BCUT2D eigenvalue weighted by atomic mass is 16.5. The highest BCUT2D eigenvalue weighted by molar-refractivity contribution is 5.97. The van der Waals surface area contributed by atoms with Gasteiger partial charge in [-0.1, -0.05) is 19.0 Å². The number of fused-ring (bicyclic) bond motifs is 1. The summed E-state index contributed by atoms with van der Waals surface area (Å²) in [5.74, 6) is 1.41. The lowest BCUT2D eigenvalue weighted by Crippen LogP contribution is -2.23. The van der Waals surface area contributed by atoms with Crippen molar-refractivity contribution in [2.75, 3.05) is 0 Å². The van der Waals surface area contributed by atoms with E-state index < -0.39 is 0 Å². The van der Waals surface area contributed by atoms with Crippen molar-refractivity contribution in [3.63, 3.8) is 0 Å². The molecule has 0 atom stereocenters. The topological polar surface area (TPSA) is 59.2 Å². The van der Waals surface area contributed by atoms with E-state index in [-0.39, 0.29) is 5.91 Å². The lowest BCUT2D eigenvalue weighted by atomic mass is 10.1. The predicted octanol–water partition coefficient (Wildman–Crippen LogP) is 2.42. The molecule has 1 aliphatic heterocycles. The molecular weight excluding hydrogens is 254 g/mol. The van der Waals surface area contributed by atoms with E-state index in [0.29, 0.717) is 24.6 Å². The van der Waals surface area contributed by atoms with Gasteiger partial charge in [0.15, 0.2) is 0 Å². The normalized spacial score (nSPS) is 14.2. The van der Waals surface area contributed by atoms with Crippen LogP contribution in [0.15, 0.2) is 28.9 Å². The monoisotopic (exact) mass is 271 g/mol. The lowest BCUT2D eigenvalue weighted by Gasteiger charge is -2.12. The predicted molar refractivity (Wildman–Crippen MR) is 72.9 cm³/mol. The number of rotatable bonds is 4. The van der Waals surface area contributed by atoms with Gasteiger partial charge in [-0.3, -0.25) is 9.78 Å². The van der Waals surface area contributed by atoms with Crippen molar-refractivity contribution in [3.05, 3.63) is 47.1 Å². The van der Waals surface area contributed by atoms with Crippen LogP contribution in [0.5, 0.6) is 0 Å². The molecular formula is C15H17N3O2. The molecule has 0 saturated carbocycles. The van der Waals surface area contributed by atoms with Crippen LogP contribution < -0.4 is 0 Å². The van der Waals surface area contributed by atoms with Crippen LogP contribution in [0.1, 0.15) is 41.4 Å². The van der Waals surface area contributed by atoms with Crippen molar-refractivity contribution >= 4 is 5.91 Å². The molecule has 0 N–H and O–H groups in total. The fourth-order valence-electron chi connectivity index (χ4n) is 2.43. The van der Waals surface area contributed by atoms with Crippen molar-refractivity contribution in [2.45, 2.75) is 33.4 Å². The molecule has 2 aromatic rings. The summed E-state index contributed by atoms with van der Waals surface area (Å²) in [5, 5.41) is 4.04. The van der Waals surface area contributed by atoms with Crippen LogP contribution in [0.4, 0.5) is 0 Å². The van der Waals surface area contributed by atoms with Crippen LogP contribution in [-0.4, -0.2) is 20.9 Å². The Morgan fingerprint density at radius 2 is 2.30 bits per heavy atom. The Bertz CT molecular complexity index is 634. The molecule has 0 saturated heterocycles. The number of carbonyl (C=O) groups excluding carboxylic acids is 1. The molecule has 3 heterocycles. The van der Waals surface area contributed by atoms with Gasteiger partial charge in [0.25, 0.3) is 5.91 Å². The first kappa shape index (κ1) is 12.8. The maximum atomic E-state index is 12.2. The maximum Gasteiger partial charge on any atom is 0.256 e. The summed E-state index contributed by atoms with van der Waals surface area (Å²) in [7, 11) is 0. The Balaban J connectivity index is 1.71. The Kier molecular flexibility index (Phi) is 3.26. The molecule has 0 bridgehead atoms. The SMILES string of the molecule is CC(C)Cc1cc(CN2Cc3ncccc3C2=O)no1. The van der Waals surface area contributed by atoms with Gasteiger partial charge in [-0.15, -0.1) is 0 Å². The Morgan fingerprint density at radius 1 is 1.45 bits per heavy atom. The van der Waals surface area contributed by atoms with E-state index in [0.717, 1.165) is 23.6 Å². The zero-order valence-corrected chi connectivity index (χ0v) is 11.7. The molecule has 0 spiro atoms. The molecule has 5 nitrogen and oxygen atoms in total. The highest BCUT2D eigenvalue weighted by Gasteiger charge is 2.28. The number of aromatic nitrogens is 2. The summed E-state index contributed by atoms with van der Waals surface area (Å²) in [6.45, 7) is 5.28. The van der Waals surface area contributed by atoms with E-state index in [4.69, 9.17) is 4.52 Å². The summed E-state index contributed by atoms with van der Waals surface area (Å²) in [4.78, 5) is 18.2. The Hall–Kier alpha value is -2.17. The van der Waals surface area contributed by atoms with Gasteiger partial charge in [-0.25, -0.2) is 0 Å². The van der Waals surface area contributed by atoms with Crippen molar-refractivity contribution in [3.8, 4) is 0 Å². The number of carbonyl (C=O) groups is 1. The van der Waals surface area contributed by atoms with Crippen molar-refractivity contribution in [2.24, 2.45) is 5.92 Å². The number of pyridine rings is 1. The molecule has 104 valence electrons. The molecule has 0 aromatic carbocycles. The first-order valence-electron chi connectivity index (χ1n) is 6.81. The standard InChI is InChI=1S/C15H17N3O2/c1-10(2)6-12-7-11(17-20-12)8-18-9-14-13(15(18)19)4-3-5-16-14/h3-5,7,10H,6,8-9H2,1-2H3. The average molecular weight is 271 g/mol. The Labute approximate surface area is 117 Å². The summed E-state index contributed by atoms with van der Waals surface area (Å²) in [6, 6.07) is 5.54. The molecule has 20 heavy (non-hydrogen) atoms. The van der Waals surface area contributed by atoms with E-state index in [9.17, 15) is 4.79 Å². The second kappa shape index (κ2) is 5.07.